The lowest BCUT2D eigenvalue weighted by Gasteiger charge is -2.07. The van der Waals surface area contributed by atoms with E-state index in [4.69, 9.17) is 4.55 Å². The maximum atomic E-state index is 13.2. The first-order chi connectivity index (χ1) is 6.46. The van der Waals surface area contributed by atoms with Gasteiger partial charge < -0.3 is 0 Å². The van der Waals surface area contributed by atoms with Gasteiger partial charge in [-0.25, -0.2) is 4.39 Å². The van der Waals surface area contributed by atoms with E-state index < -0.39 is 21.2 Å². The van der Waals surface area contributed by atoms with E-state index in [2.05, 4.69) is 6.58 Å². The van der Waals surface area contributed by atoms with Gasteiger partial charge in [-0.05, 0) is 6.07 Å². The molecule has 0 aliphatic carbocycles. The molecular weight excluding hydrogens is 207 g/mol. The topological polar surface area (TPSA) is 54.4 Å². The molecule has 0 heterocycles. The number of halogens is 1. The predicted molar refractivity (Wildman–Crippen MR) is 50.3 cm³/mol. The van der Waals surface area contributed by atoms with E-state index in [0.717, 1.165) is 12.1 Å². The lowest BCUT2D eigenvalue weighted by atomic mass is 10.1. The fourth-order valence-corrected chi connectivity index (χ4v) is 1.80. The highest BCUT2D eigenvalue weighted by Crippen LogP contribution is 2.25. The van der Waals surface area contributed by atoms with Crippen LogP contribution in [-0.2, 0) is 10.1 Å². The molecule has 0 bridgehead atoms. The summed E-state index contributed by atoms with van der Waals surface area (Å²) in [6, 6.07) is 5.32. The van der Waals surface area contributed by atoms with Crippen molar-refractivity contribution in [1.82, 2.24) is 0 Å². The van der Waals surface area contributed by atoms with Crippen LogP contribution < -0.4 is 0 Å². The van der Waals surface area contributed by atoms with Crippen molar-refractivity contribution in [3.63, 3.8) is 0 Å². The van der Waals surface area contributed by atoms with Crippen LogP contribution in [0, 0.1) is 0 Å². The Hall–Kier alpha value is -1.20. The van der Waals surface area contributed by atoms with Gasteiger partial charge in [-0.1, -0.05) is 30.9 Å². The van der Waals surface area contributed by atoms with Crippen molar-refractivity contribution < 1.29 is 17.4 Å². The summed E-state index contributed by atoms with van der Waals surface area (Å²) in [5.74, 6) is 0. The second kappa shape index (κ2) is 3.89. The molecule has 1 atom stereocenters. The van der Waals surface area contributed by atoms with Gasteiger partial charge in [0.25, 0.3) is 10.1 Å². The normalized spacial score (nSPS) is 13.6. The number of allylic oxidation sites excluding steroid dienone is 1. The molecule has 1 unspecified atom stereocenters. The Labute approximate surface area is 81.6 Å². The number of hydrogen-bond acceptors (Lipinski definition) is 2. The Kier molecular flexibility index (Phi) is 3.03. The van der Waals surface area contributed by atoms with Crippen LogP contribution in [0.2, 0.25) is 0 Å². The minimum absolute atomic E-state index is 0.106. The summed E-state index contributed by atoms with van der Waals surface area (Å²) in [6.45, 7) is 3.21. The highest BCUT2D eigenvalue weighted by molar-refractivity contribution is 7.85. The molecule has 0 spiro atoms. The van der Waals surface area contributed by atoms with Gasteiger partial charge in [-0.3, -0.25) is 4.55 Å². The predicted octanol–water partition coefficient (Wildman–Crippen LogP) is 2.13. The van der Waals surface area contributed by atoms with Gasteiger partial charge in [-0.15, -0.1) is 0 Å². The second-order valence-electron chi connectivity index (χ2n) is 2.65. The van der Waals surface area contributed by atoms with Crippen LogP contribution in [-0.4, -0.2) is 13.0 Å². The summed E-state index contributed by atoms with van der Waals surface area (Å²) >= 11 is 0. The number of alkyl halides is 1. The lowest BCUT2D eigenvalue weighted by molar-refractivity contribution is 0.405. The summed E-state index contributed by atoms with van der Waals surface area (Å²) in [6.07, 6.45) is -0.641. The molecule has 5 heteroatoms. The monoisotopic (exact) mass is 216 g/mol. The van der Waals surface area contributed by atoms with E-state index >= 15 is 0 Å². The Morgan fingerprint density at radius 3 is 2.50 bits per heavy atom. The molecule has 76 valence electrons. The molecule has 1 N–H and O–H groups in total. The van der Waals surface area contributed by atoms with Gasteiger partial charge in [0.2, 0.25) is 0 Å². The van der Waals surface area contributed by atoms with E-state index in [-0.39, 0.29) is 5.56 Å². The molecule has 0 saturated heterocycles. The number of rotatable bonds is 3. The van der Waals surface area contributed by atoms with Gasteiger partial charge in [0.1, 0.15) is 11.1 Å². The van der Waals surface area contributed by atoms with Crippen LogP contribution in [0.25, 0.3) is 0 Å². The molecule has 0 aliphatic rings. The van der Waals surface area contributed by atoms with Crippen LogP contribution in [0.5, 0.6) is 0 Å². The largest absolute Gasteiger partial charge is 0.294 e. The van der Waals surface area contributed by atoms with Crippen molar-refractivity contribution in [2.45, 2.75) is 11.1 Å². The summed E-state index contributed by atoms with van der Waals surface area (Å²) in [7, 11) is -4.38. The molecule has 14 heavy (non-hydrogen) atoms. The Morgan fingerprint density at radius 2 is 2.00 bits per heavy atom. The average molecular weight is 216 g/mol. The first-order valence-electron chi connectivity index (χ1n) is 3.80. The smallest absolute Gasteiger partial charge is 0.282 e. The molecule has 1 rings (SSSR count). The standard InChI is InChI=1S/C9H9FO3S/c1-2-8(10)7-5-3-4-6-9(7)14(11,12)13/h2-6,8H,1H2,(H,11,12,13). The fraction of sp³-hybridized carbons (Fsp3) is 0.111. The SMILES string of the molecule is C=CC(F)c1ccccc1S(=O)(=O)O. The summed E-state index contributed by atoms with van der Waals surface area (Å²) in [4.78, 5) is -0.424. The van der Waals surface area contributed by atoms with Gasteiger partial charge in [0.15, 0.2) is 0 Å². The Bertz CT molecular complexity index is 439. The molecule has 0 radical (unpaired) electrons. The quantitative estimate of drug-likeness (QED) is 0.622. The summed E-state index contributed by atoms with van der Waals surface area (Å²) in [5.41, 5.74) is -0.106. The minimum atomic E-state index is -4.38. The van der Waals surface area contributed by atoms with Crippen LogP contribution in [0.3, 0.4) is 0 Å². The fourth-order valence-electron chi connectivity index (χ4n) is 1.07. The molecule has 0 saturated carbocycles. The average Bonchev–Trinajstić information content (AvgIpc) is 2.15. The second-order valence-corrected chi connectivity index (χ2v) is 4.04. The van der Waals surface area contributed by atoms with E-state index in [1.807, 2.05) is 0 Å². The first-order valence-corrected chi connectivity index (χ1v) is 5.24. The van der Waals surface area contributed by atoms with Crippen molar-refractivity contribution in [2.24, 2.45) is 0 Å². The maximum absolute atomic E-state index is 13.2. The third kappa shape index (κ3) is 2.18. The number of hydrogen-bond donors (Lipinski definition) is 1. The van der Waals surface area contributed by atoms with E-state index in [0.29, 0.717) is 0 Å². The van der Waals surface area contributed by atoms with Crippen molar-refractivity contribution in [2.75, 3.05) is 0 Å². The van der Waals surface area contributed by atoms with Crippen molar-refractivity contribution >= 4 is 10.1 Å². The first kappa shape index (κ1) is 10.9. The van der Waals surface area contributed by atoms with E-state index in [1.54, 1.807) is 0 Å². The summed E-state index contributed by atoms with van der Waals surface area (Å²) in [5, 5.41) is 0. The van der Waals surface area contributed by atoms with Gasteiger partial charge in [0, 0.05) is 5.56 Å². The third-order valence-electron chi connectivity index (χ3n) is 1.70. The van der Waals surface area contributed by atoms with Crippen LogP contribution in [0.15, 0.2) is 41.8 Å². The van der Waals surface area contributed by atoms with Crippen molar-refractivity contribution in [3.8, 4) is 0 Å². The van der Waals surface area contributed by atoms with Gasteiger partial charge >= 0.3 is 0 Å². The minimum Gasteiger partial charge on any atom is -0.282 e. The van der Waals surface area contributed by atoms with E-state index in [9.17, 15) is 12.8 Å². The molecule has 0 aromatic heterocycles. The Morgan fingerprint density at radius 1 is 1.43 bits per heavy atom. The maximum Gasteiger partial charge on any atom is 0.294 e. The molecule has 0 amide bonds. The zero-order chi connectivity index (χ0) is 10.8. The highest BCUT2D eigenvalue weighted by atomic mass is 32.2. The molecule has 0 fully saturated rings. The summed E-state index contributed by atoms with van der Waals surface area (Å²) < 4.78 is 43.6. The van der Waals surface area contributed by atoms with Crippen LogP contribution >= 0.6 is 0 Å². The van der Waals surface area contributed by atoms with Crippen molar-refractivity contribution in [1.29, 1.82) is 0 Å². The van der Waals surface area contributed by atoms with Crippen LogP contribution in [0.1, 0.15) is 11.7 Å². The lowest BCUT2D eigenvalue weighted by Crippen LogP contribution is -2.03. The molecule has 3 nitrogen and oxygen atoms in total. The molecular formula is C9H9FO3S. The highest BCUT2D eigenvalue weighted by Gasteiger charge is 2.18. The number of benzene rings is 1. The zero-order valence-corrected chi connectivity index (χ0v) is 8.04. The Balaban J connectivity index is 3.37. The van der Waals surface area contributed by atoms with E-state index in [1.165, 1.54) is 18.2 Å². The molecule has 1 aromatic carbocycles. The molecule has 1 aromatic rings. The zero-order valence-electron chi connectivity index (χ0n) is 7.22. The van der Waals surface area contributed by atoms with Crippen LogP contribution in [0.4, 0.5) is 4.39 Å². The van der Waals surface area contributed by atoms with Crippen molar-refractivity contribution in [3.05, 3.63) is 42.5 Å². The van der Waals surface area contributed by atoms with Gasteiger partial charge in [-0.2, -0.15) is 8.42 Å². The molecule has 0 aliphatic heterocycles. The third-order valence-corrected chi connectivity index (χ3v) is 2.63. The van der Waals surface area contributed by atoms with Gasteiger partial charge in [0.05, 0.1) is 0 Å².